The number of carbonyl (C=O) groups is 1. The molecule has 1 aromatic carbocycles. The van der Waals surface area contributed by atoms with E-state index in [0.717, 1.165) is 18.2 Å². The summed E-state index contributed by atoms with van der Waals surface area (Å²) >= 11 is 3.04. The highest BCUT2D eigenvalue weighted by Gasteiger charge is 2.36. The molecule has 3 rings (SSSR count). The van der Waals surface area contributed by atoms with E-state index >= 15 is 0 Å². The molecule has 2 unspecified atom stereocenters. The minimum absolute atomic E-state index is 0.0548. The molecule has 0 bridgehead atoms. The van der Waals surface area contributed by atoms with Crippen molar-refractivity contribution in [3.63, 3.8) is 0 Å². The average molecular weight is 518 g/mol. The van der Waals surface area contributed by atoms with Gasteiger partial charge in [-0.25, -0.2) is 9.50 Å². The number of nitrogens with one attached hydrogen (secondary N) is 1. The number of aliphatic hydroxyl groups excluding tert-OH is 2. The first-order valence-corrected chi connectivity index (χ1v) is 9.70. The fourth-order valence-electron chi connectivity index (χ4n) is 2.95. The van der Waals surface area contributed by atoms with Crippen molar-refractivity contribution in [3.8, 4) is 0 Å². The number of hydrogen-bond acceptors (Lipinski definition) is 7. The van der Waals surface area contributed by atoms with Gasteiger partial charge < -0.3 is 15.5 Å². The molecular formula is C18H15BrF3N5O5. The van der Waals surface area contributed by atoms with E-state index in [2.05, 4.69) is 31.3 Å². The molecule has 3 N–H and O–H groups in total. The minimum Gasteiger partial charge on any atom is -0.394 e. The fraction of sp³-hybridized carbons (Fsp3) is 0.278. The van der Waals surface area contributed by atoms with Crippen LogP contribution in [0.2, 0.25) is 0 Å². The van der Waals surface area contributed by atoms with Gasteiger partial charge in [-0.2, -0.15) is 18.3 Å². The van der Waals surface area contributed by atoms with Gasteiger partial charge in [0.1, 0.15) is 11.8 Å². The quantitative estimate of drug-likeness (QED) is 0.336. The van der Waals surface area contributed by atoms with Crippen molar-refractivity contribution in [2.45, 2.75) is 25.2 Å². The summed E-state index contributed by atoms with van der Waals surface area (Å²) in [6, 6.07) is 4.28. The van der Waals surface area contributed by atoms with E-state index in [1.807, 2.05) is 0 Å². The van der Waals surface area contributed by atoms with E-state index in [1.165, 1.54) is 19.1 Å². The number of alkyl halides is 3. The summed E-state index contributed by atoms with van der Waals surface area (Å²) in [5.74, 6) is -0.979. The van der Waals surface area contributed by atoms with Crippen LogP contribution in [-0.2, 0) is 6.18 Å². The third-order valence-corrected chi connectivity index (χ3v) is 5.24. The van der Waals surface area contributed by atoms with Gasteiger partial charge in [-0.15, -0.1) is 0 Å². The summed E-state index contributed by atoms with van der Waals surface area (Å²) in [5.41, 5.74) is -1.81. The predicted molar refractivity (Wildman–Crippen MR) is 107 cm³/mol. The molecule has 170 valence electrons. The maximum absolute atomic E-state index is 13.4. The number of benzene rings is 1. The molecule has 2 aromatic heterocycles. The molecule has 10 nitrogen and oxygen atoms in total. The van der Waals surface area contributed by atoms with Gasteiger partial charge in [0, 0.05) is 17.8 Å². The van der Waals surface area contributed by atoms with Crippen LogP contribution in [0.3, 0.4) is 0 Å². The van der Waals surface area contributed by atoms with Crippen LogP contribution in [0.4, 0.5) is 18.9 Å². The number of aryl methyl sites for hydroxylation is 1. The number of fused-ring (bicyclic) bond motifs is 1. The van der Waals surface area contributed by atoms with Gasteiger partial charge in [0.2, 0.25) is 0 Å². The summed E-state index contributed by atoms with van der Waals surface area (Å²) in [5, 5.41) is 36.8. The topological polar surface area (TPSA) is 143 Å². The molecule has 0 saturated carbocycles. The van der Waals surface area contributed by atoms with Crippen molar-refractivity contribution < 1.29 is 33.1 Å². The lowest BCUT2D eigenvalue weighted by atomic mass is 10.0. The van der Waals surface area contributed by atoms with E-state index in [9.17, 15) is 38.3 Å². The zero-order chi connectivity index (χ0) is 23.8. The first kappa shape index (κ1) is 23.6. The van der Waals surface area contributed by atoms with Crippen LogP contribution in [0.25, 0.3) is 5.65 Å². The lowest BCUT2D eigenvalue weighted by Gasteiger charge is -2.22. The first-order valence-electron chi connectivity index (χ1n) is 8.91. The van der Waals surface area contributed by atoms with Crippen molar-refractivity contribution in [3.05, 3.63) is 67.6 Å². The number of aliphatic hydroxyl groups is 2. The molecule has 32 heavy (non-hydrogen) atoms. The molecule has 3 aromatic rings. The number of nitrogens with zero attached hydrogens (tertiary/aromatic N) is 4. The van der Waals surface area contributed by atoms with Crippen LogP contribution in [0.5, 0.6) is 0 Å². The van der Waals surface area contributed by atoms with E-state index in [1.54, 1.807) is 0 Å². The van der Waals surface area contributed by atoms with Gasteiger partial charge in [0.05, 0.1) is 22.0 Å². The number of nitro benzene ring substituents is 1. The zero-order valence-electron chi connectivity index (χ0n) is 16.2. The van der Waals surface area contributed by atoms with Crippen molar-refractivity contribution in [1.82, 2.24) is 19.9 Å². The number of hydrogen-bond donors (Lipinski definition) is 3. The van der Waals surface area contributed by atoms with Crippen LogP contribution in [0.15, 0.2) is 34.8 Å². The largest absolute Gasteiger partial charge is 0.433 e. The van der Waals surface area contributed by atoms with Gasteiger partial charge >= 0.3 is 6.18 Å². The van der Waals surface area contributed by atoms with E-state index in [0.29, 0.717) is 4.52 Å². The Hall–Kier alpha value is -3.10. The zero-order valence-corrected chi connectivity index (χ0v) is 17.8. The average Bonchev–Trinajstić information content (AvgIpc) is 3.06. The highest BCUT2D eigenvalue weighted by atomic mass is 79.9. The summed E-state index contributed by atoms with van der Waals surface area (Å²) < 4.78 is 40.5. The second kappa shape index (κ2) is 8.80. The lowest BCUT2D eigenvalue weighted by molar-refractivity contribution is -0.384. The minimum atomic E-state index is -4.76. The SMILES string of the molecule is Cc1cc(C(F)(F)F)n2nc(C(=O)NC(CO)C(O)c3ccc([N+](=O)[O-])cc3)c(Br)c2n1. The molecule has 0 aliphatic carbocycles. The molecule has 2 atom stereocenters. The Morgan fingerprint density at radius 2 is 1.97 bits per heavy atom. The van der Waals surface area contributed by atoms with Crippen molar-refractivity contribution in [2.24, 2.45) is 0 Å². The number of rotatable bonds is 6. The van der Waals surface area contributed by atoms with Crippen LogP contribution >= 0.6 is 15.9 Å². The third-order valence-electron chi connectivity index (χ3n) is 4.51. The Morgan fingerprint density at radius 1 is 1.34 bits per heavy atom. The van der Waals surface area contributed by atoms with Gasteiger partial charge in [-0.3, -0.25) is 14.9 Å². The van der Waals surface area contributed by atoms with E-state index in [-0.39, 0.29) is 27.1 Å². The predicted octanol–water partition coefficient (Wildman–Crippen LogP) is 2.55. The maximum atomic E-state index is 13.4. The van der Waals surface area contributed by atoms with E-state index < -0.39 is 47.1 Å². The number of carbonyl (C=O) groups excluding carboxylic acids is 1. The monoisotopic (exact) mass is 517 g/mol. The Kier molecular flexibility index (Phi) is 6.48. The molecular weight excluding hydrogens is 503 g/mol. The molecule has 0 saturated heterocycles. The summed E-state index contributed by atoms with van der Waals surface area (Å²) in [6.07, 6.45) is -6.23. The number of non-ortho nitro benzene ring substituents is 1. The van der Waals surface area contributed by atoms with Crippen LogP contribution < -0.4 is 5.32 Å². The number of amides is 1. The normalized spacial score (nSPS) is 13.7. The second-order valence-corrected chi connectivity index (χ2v) is 7.53. The van der Waals surface area contributed by atoms with Crippen molar-refractivity contribution in [1.29, 1.82) is 0 Å². The summed E-state index contributed by atoms with van der Waals surface area (Å²) in [4.78, 5) is 26.8. The maximum Gasteiger partial charge on any atom is 0.433 e. The van der Waals surface area contributed by atoms with Gasteiger partial charge in [0.25, 0.3) is 11.6 Å². The highest BCUT2D eigenvalue weighted by Crippen LogP contribution is 2.32. The fourth-order valence-corrected chi connectivity index (χ4v) is 3.46. The number of aromatic nitrogens is 3. The second-order valence-electron chi connectivity index (χ2n) is 6.73. The number of halogens is 4. The van der Waals surface area contributed by atoms with Crippen LogP contribution in [0, 0.1) is 17.0 Å². The molecule has 1 amide bonds. The number of nitro groups is 1. The van der Waals surface area contributed by atoms with Crippen LogP contribution in [0.1, 0.15) is 33.5 Å². The Bertz CT molecular complexity index is 1180. The Balaban J connectivity index is 1.91. The molecule has 0 aliphatic rings. The molecule has 2 heterocycles. The molecule has 0 radical (unpaired) electrons. The molecule has 0 fully saturated rings. The summed E-state index contributed by atoms with van der Waals surface area (Å²) in [7, 11) is 0. The Labute approximate surface area is 186 Å². The highest BCUT2D eigenvalue weighted by molar-refractivity contribution is 9.10. The van der Waals surface area contributed by atoms with Crippen molar-refractivity contribution in [2.75, 3.05) is 6.61 Å². The molecule has 0 aliphatic heterocycles. The standard InChI is InChI=1S/C18H15BrF3N5O5/c1-8-6-12(18(20,21)22)26-16(23-8)13(19)14(25-26)17(30)24-11(7-28)15(29)9-2-4-10(5-3-9)27(31)32/h2-6,11,15,28-29H,7H2,1H3,(H,24,30). The lowest BCUT2D eigenvalue weighted by Crippen LogP contribution is -2.42. The third kappa shape index (κ3) is 4.56. The molecule has 0 spiro atoms. The van der Waals surface area contributed by atoms with Gasteiger partial charge in [-0.05, 0) is 46.6 Å². The van der Waals surface area contributed by atoms with Gasteiger partial charge in [-0.1, -0.05) is 0 Å². The molecule has 14 heteroatoms. The smallest absolute Gasteiger partial charge is 0.394 e. The summed E-state index contributed by atoms with van der Waals surface area (Å²) in [6.45, 7) is 0.622. The Morgan fingerprint density at radius 3 is 2.50 bits per heavy atom. The van der Waals surface area contributed by atoms with Crippen LogP contribution in [-0.4, -0.2) is 48.3 Å². The van der Waals surface area contributed by atoms with Crippen molar-refractivity contribution >= 4 is 33.2 Å². The van der Waals surface area contributed by atoms with E-state index in [4.69, 9.17) is 0 Å². The van der Waals surface area contributed by atoms with Gasteiger partial charge in [0.15, 0.2) is 11.3 Å². The first-order chi connectivity index (χ1) is 14.9.